The van der Waals surface area contributed by atoms with Crippen LogP contribution in [0.15, 0.2) is 48.5 Å². The molecule has 0 fully saturated rings. The minimum atomic E-state index is -0.338. The second-order valence-electron chi connectivity index (χ2n) is 5.68. The van der Waals surface area contributed by atoms with E-state index in [1.165, 1.54) is 11.8 Å². The fourth-order valence-electron chi connectivity index (χ4n) is 2.95. The fraction of sp³-hybridized carbons (Fsp3) is 0.200. The van der Waals surface area contributed by atoms with Crippen LogP contribution >= 0.6 is 0 Å². The molecule has 1 aliphatic heterocycles. The molecule has 0 saturated carbocycles. The monoisotopic (exact) mass is 321 g/mol. The first kappa shape index (κ1) is 16.0. The van der Waals surface area contributed by atoms with Gasteiger partial charge in [0.2, 0.25) is 5.91 Å². The number of aryl methyl sites for hydroxylation is 1. The molecule has 2 aromatic carbocycles. The average Bonchev–Trinajstić information content (AvgIpc) is 2.85. The Morgan fingerprint density at radius 3 is 2.46 bits per heavy atom. The molecule has 0 radical (unpaired) electrons. The van der Waals surface area contributed by atoms with E-state index in [-0.39, 0.29) is 11.8 Å². The zero-order chi connectivity index (χ0) is 17.3. The van der Waals surface area contributed by atoms with Crippen LogP contribution in [0, 0.1) is 6.92 Å². The Kier molecular flexibility index (Phi) is 4.21. The van der Waals surface area contributed by atoms with E-state index < -0.39 is 0 Å². The number of benzene rings is 2. The Hall–Kier alpha value is -2.88. The molecule has 2 amide bonds. The Bertz CT molecular complexity index is 837. The quantitative estimate of drug-likeness (QED) is 0.638. The molecule has 0 bridgehead atoms. The largest absolute Gasteiger partial charge is 0.492 e. The van der Waals surface area contributed by atoms with E-state index in [9.17, 15) is 9.59 Å². The Labute approximate surface area is 141 Å². The lowest BCUT2D eigenvalue weighted by Crippen LogP contribution is -2.31. The van der Waals surface area contributed by atoms with E-state index in [2.05, 4.69) is 0 Å². The summed E-state index contributed by atoms with van der Waals surface area (Å²) in [6.45, 7) is 5.67. The lowest BCUT2D eigenvalue weighted by atomic mass is 10.0. The van der Waals surface area contributed by atoms with Gasteiger partial charge in [0.25, 0.3) is 5.91 Å². The van der Waals surface area contributed by atoms with Crippen molar-refractivity contribution in [2.45, 2.75) is 20.8 Å². The number of carbonyl (C=O) groups excluding carboxylic acids is 2. The van der Waals surface area contributed by atoms with E-state index >= 15 is 0 Å². The predicted octanol–water partition coefficient (Wildman–Crippen LogP) is 3.79. The summed E-state index contributed by atoms with van der Waals surface area (Å²) in [6.07, 6.45) is 0. The van der Waals surface area contributed by atoms with E-state index in [0.29, 0.717) is 23.6 Å². The molecule has 2 aromatic rings. The second-order valence-corrected chi connectivity index (χ2v) is 5.68. The molecular formula is C20H19NO3. The van der Waals surface area contributed by atoms with Gasteiger partial charge in [-0.15, -0.1) is 0 Å². The number of amides is 2. The summed E-state index contributed by atoms with van der Waals surface area (Å²) in [6, 6.07) is 15.1. The number of nitrogens with zero attached hydrogens (tertiary/aromatic N) is 1. The van der Waals surface area contributed by atoms with Crippen LogP contribution in [0.25, 0.3) is 11.3 Å². The van der Waals surface area contributed by atoms with Crippen LogP contribution in [0.1, 0.15) is 30.5 Å². The fourth-order valence-corrected chi connectivity index (χ4v) is 2.95. The van der Waals surface area contributed by atoms with Crippen molar-refractivity contribution < 1.29 is 14.3 Å². The van der Waals surface area contributed by atoms with Crippen LogP contribution in [0.4, 0.5) is 5.69 Å². The zero-order valence-corrected chi connectivity index (χ0v) is 14.0. The van der Waals surface area contributed by atoms with Gasteiger partial charge in [0.1, 0.15) is 5.76 Å². The summed E-state index contributed by atoms with van der Waals surface area (Å²) in [4.78, 5) is 26.2. The van der Waals surface area contributed by atoms with Crippen molar-refractivity contribution in [1.82, 2.24) is 0 Å². The van der Waals surface area contributed by atoms with Crippen molar-refractivity contribution in [3.63, 3.8) is 0 Å². The minimum Gasteiger partial charge on any atom is -0.492 e. The molecule has 0 aliphatic carbocycles. The molecule has 24 heavy (non-hydrogen) atoms. The van der Waals surface area contributed by atoms with Crippen LogP contribution in [0.3, 0.4) is 0 Å². The number of hydrogen-bond acceptors (Lipinski definition) is 3. The maximum absolute atomic E-state index is 13.0. The molecular weight excluding hydrogens is 302 g/mol. The number of ether oxygens (including phenoxy) is 1. The molecule has 0 unspecified atom stereocenters. The van der Waals surface area contributed by atoms with Crippen LogP contribution in [0.2, 0.25) is 0 Å². The smallest absolute Gasteiger partial charge is 0.269 e. The van der Waals surface area contributed by atoms with Crippen LogP contribution < -0.4 is 4.90 Å². The maximum Gasteiger partial charge on any atom is 0.269 e. The third-order valence-corrected chi connectivity index (χ3v) is 3.95. The topological polar surface area (TPSA) is 46.6 Å². The molecule has 0 spiro atoms. The molecule has 0 aromatic heterocycles. The van der Waals surface area contributed by atoms with Gasteiger partial charge in [0.05, 0.1) is 17.9 Å². The van der Waals surface area contributed by atoms with Gasteiger partial charge in [-0.05, 0) is 26.0 Å². The van der Waals surface area contributed by atoms with Gasteiger partial charge in [-0.1, -0.05) is 42.0 Å². The lowest BCUT2D eigenvalue weighted by molar-refractivity contribution is -0.122. The van der Waals surface area contributed by atoms with Crippen molar-refractivity contribution in [3.8, 4) is 0 Å². The summed E-state index contributed by atoms with van der Waals surface area (Å²) in [5.74, 6) is -0.127. The van der Waals surface area contributed by atoms with Gasteiger partial charge in [0.15, 0.2) is 0 Å². The summed E-state index contributed by atoms with van der Waals surface area (Å²) >= 11 is 0. The SMILES string of the molecule is CCOC(=C1C(=O)N(C(C)=O)c2ccc(C)cc21)c1ccccc1. The highest BCUT2D eigenvalue weighted by Crippen LogP contribution is 2.41. The summed E-state index contributed by atoms with van der Waals surface area (Å²) in [5, 5.41) is 0. The third kappa shape index (κ3) is 2.60. The van der Waals surface area contributed by atoms with Gasteiger partial charge >= 0.3 is 0 Å². The second kappa shape index (κ2) is 6.32. The van der Waals surface area contributed by atoms with Crippen molar-refractivity contribution in [3.05, 3.63) is 65.2 Å². The van der Waals surface area contributed by atoms with Crippen molar-refractivity contribution in [1.29, 1.82) is 0 Å². The number of hydrogen-bond donors (Lipinski definition) is 0. The molecule has 1 heterocycles. The number of carbonyl (C=O) groups is 2. The number of anilines is 1. The number of imide groups is 1. The maximum atomic E-state index is 13.0. The molecule has 3 rings (SSSR count). The van der Waals surface area contributed by atoms with Crippen molar-refractivity contribution in [2.24, 2.45) is 0 Å². The first-order valence-electron chi connectivity index (χ1n) is 7.93. The van der Waals surface area contributed by atoms with E-state index in [0.717, 1.165) is 16.7 Å². The van der Waals surface area contributed by atoms with Crippen molar-refractivity contribution in [2.75, 3.05) is 11.5 Å². The Balaban J connectivity index is 2.31. The third-order valence-electron chi connectivity index (χ3n) is 3.95. The first-order chi connectivity index (χ1) is 11.5. The number of rotatable bonds is 3. The van der Waals surface area contributed by atoms with Gasteiger partial charge in [-0.25, -0.2) is 4.90 Å². The number of fused-ring (bicyclic) bond motifs is 1. The van der Waals surface area contributed by atoms with Crippen LogP contribution in [-0.2, 0) is 14.3 Å². The predicted molar refractivity (Wildman–Crippen MR) is 94.2 cm³/mol. The average molecular weight is 321 g/mol. The molecule has 4 heteroatoms. The zero-order valence-electron chi connectivity index (χ0n) is 14.0. The summed E-state index contributed by atoms with van der Waals surface area (Å²) in [7, 11) is 0. The lowest BCUT2D eigenvalue weighted by Gasteiger charge is -2.13. The highest BCUT2D eigenvalue weighted by molar-refractivity contribution is 6.42. The summed E-state index contributed by atoms with van der Waals surface area (Å²) in [5.41, 5.74) is 3.63. The standard InChI is InChI=1S/C20H19NO3/c1-4-24-19(15-8-6-5-7-9-15)18-16-12-13(2)10-11-17(16)21(14(3)22)20(18)23/h5-12H,4H2,1-3H3. The molecule has 1 aliphatic rings. The van der Waals surface area contributed by atoms with Gasteiger partial charge in [0, 0.05) is 18.1 Å². The first-order valence-corrected chi connectivity index (χ1v) is 7.93. The Morgan fingerprint density at radius 1 is 1.12 bits per heavy atom. The van der Waals surface area contributed by atoms with E-state index in [1.54, 1.807) is 0 Å². The molecule has 0 N–H and O–H groups in total. The molecule has 122 valence electrons. The van der Waals surface area contributed by atoms with Gasteiger partial charge in [-0.3, -0.25) is 9.59 Å². The van der Waals surface area contributed by atoms with Gasteiger partial charge in [-0.2, -0.15) is 0 Å². The van der Waals surface area contributed by atoms with Crippen LogP contribution in [0.5, 0.6) is 0 Å². The Morgan fingerprint density at radius 2 is 1.83 bits per heavy atom. The normalized spacial score (nSPS) is 15.3. The molecule has 0 atom stereocenters. The van der Waals surface area contributed by atoms with E-state index in [4.69, 9.17) is 4.74 Å². The highest BCUT2D eigenvalue weighted by Gasteiger charge is 2.38. The highest BCUT2D eigenvalue weighted by atomic mass is 16.5. The van der Waals surface area contributed by atoms with E-state index in [1.807, 2.05) is 62.4 Å². The molecule has 4 nitrogen and oxygen atoms in total. The molecule has 0 saturated heterocycles. The minimum absolute atomic E-state index is 0.302. The summed E-state index contributed by atoms with van der Waals surface area (Å²) < 4.78 is 5.83. The van der Waals surface area contributed by atoms with Gasteiger partial charge < -0.3 is 4.74 Å². The van der Waals surface area contributed by atoms with Crippen molar-refractivity contribution >= 4 is 28.8 Å². The van der Waals surface area contributed by atoms with Crippen LogP contribution in [-0.4, -0.2) is 18.4 Å².